The van der Waals surface area contributed by atoms with Gasteiger partial charge in [0.15, 0.2) is 5.82 Å². The SMILES string of the molecule is Cc1ncsc1-c1ccc(CNC(=O)[C@@H]2C[C@@H](O)CN2C(=O)CC(C)(C)CC(COCCOCCOCCC(=O)NCCC(=O)Nc2cc3cc(-c4cncc(N)c4C)c(F)c(N)c3cn2)C(N)=O)cc1. The number of rotatable bonds is 25. The summed E-state index contributed by atoms with van der Waals surface area (Å²) >= 11 is 1.56. The van der Waals surface area contributed by atoms with Crippen LogP contribution in [0.25, 0.3) is 32.3 Å². The molecule has 0 bridgehead atoms. The molecule has 5 aromatic rings. The topological polar surface area (TPSA) is 289 Å². The first-order valence-electron chi connectivity index (χ1n) is 23.3. The molecule has 380 valence electrons. The van der Waals surface area contributed by atoms with Gasteiger partial charge in [-0.25, -0.2) is 14.4 Å². The zero-order valence-electron chi connectivity index (χ0n) is 40.4. The van der Waals surface area contributed by atoms with E-state index in [-0.39, 0.29) is 126 Å². The Morgan fingerprint density at radius 3 is 2.34 bits per heavy atom. The summed E-state index contributed by atoms with van der Waals surface area (Å²) in [5.74, 6) is -3.01. The van der Waals surface area contributed by atoms with Crippen LogP contribution in [0.15, 0.2) is 60.5 Å². The van der Waals surface area contributed by atoms with Crippen LogP contribution in [0.2, 0.25) is 0 Å². The normalized spacial score (nSPS) is 15.2. The molecule has 1 fully saturated rings. The van der Waals surface area contributed by atoms with Gasteiger partial charge in [-0.3, -0.25) is 29.0 Å². The molecule has 1 saturated heterocycles. The summed E-state index contributed by atoms with van der Waals surface area (Å²) in [6.45, 7) is 8.76. The number of anilines is 3. The third-order valence-corrected chi connectivity index (χ3v) is 13.2. The quantitative estimate of drug-likeness (QED) is 0.0315. The first-order chi connectivity index (χ1) is 33.9. The molecular formula is C50H63FN10O9S. The van der Waals surface area contributed by atoms with Crippen LogP contribution in [0.1, 0.15) is 62.8 Å². The van der Waals surface area contributed by atoms with Crippen molar-refractivity contribution in [1.82, 2.24) is 30.5 Å². The molecular weight excluding hydrogens is 936 g/mol. The number of carbonyl (C=O) groups excluding carboxylic acids is 5. The van der Waals surface area contributed by atoms with Gasteiger partial charge in [0.2, 0.25) is 29.5 Å². The number of primary amides is 1. The van der Waals surface area contributed by atoms with E-state index in [9.17, 15) is 29.1 Å². The van der Waals surface area contributed by atoms with Crippen LogP contribution in [0.4, 0.5) is 21.6 Å². The molecule has 5 amide bonds. The fourth-order valence-corrected chi connectivity index (χ4v) is 9.12. The van der Waals surface area contributed by atoms with Crippen molar-refractivity contribution < 1.29 is 47.7 Å². The first-order valence-corrected chi connectivity index (χ1v) is 24.2. The molecule has 71 heavy (non-hydrogen) atoms. The first kappa shape index (κ1) is 53.7. The Kier molecular flexibility index (Phi) is 18.9. The second kappa shape index (κ2) is 25.0. The van der Waals surface area contributed by atoms with E-state index in [1.807, 2.05) is 45.0 Å². The van der Waals surface area contributed by atoms with Gasteiger partial charge in [0.25, 0.3) is 0 Å². The largest absolute Gasteiger partial charge is 0.397 e. The van der Waals surface area contributed by atoms with Gasteiger partial charge in [-0.15, -0.1) is 11.3 Å². The molecule has 2 aromatic carbocycles. The van der Waals surface area contributed by atoms with Crippen LogP contribution in [-0.2, 0) is 44.7 Å². The summed E-state index contributed by atoms with van der Waals surface area (Å²) in [4.78, 5) is 79.4. The smallest absolute Gasteiger partial charge is 0.243 e. The minimum absolute atomic E-state index is 0.0184. The zero-order chi connectivity index (χ0) is 51.2. The van der Waals surface area contributed by atoms with Gasteiger partial charge in [0, 0.05) is 74.2 Å². The van der Waals surface area contributed by atoms with Crippen molar-refractivity contribution in [3.63, 3.8) is 0 Å². The van der Waals surface area contributed by atoms with E-state index in [0.29, 0.717) is 27.6 Å². The number of ether oxygens (including phenoxy) is 3. The minimum atomic E-state index is -0.839. The molecule has 3 atom stereocenters. The Morgan fingerprint density at radius 2 is 1.63 bits per heavy atom. The lowest BCUT2D eigenvalue weighted by molar-refractivity contribution is -0.140. The van der Waals surface area contributed by atoms with E-state index in [1.165, 1.54) is 23.5 Å². The summed E-state index contributed by atoms with van der Waals surface area (Å²) in [5, 5.41) is 19.7. The molecule has 21 heteroatoms. The number of pyridine rings is 2. The van der Waals surface area contributed by atoms with Crippen molar-refractivity contribution in [2.75, 3.05) is 69.5 Å². The van der Waals surface area contributed by atoms with Gasteiger partial charge < -0.3 is 57.4 Å². The maximum Gasteiger partial charge on any atom is 0.243 e. The van der Waals surface area contributed by atoms with Crippen molar-refractivity contribution in [3.8, 4) is 21.6 Å². The van der Waals surface area contributed by atoms with Crippen LogP contribution in [0.3, 0.4) is 0 Å². The molecule has 10 N–H and O–H groups in total. The van der Waals surface area contributed by atoms with Crippen LogP contribution in [0.5, 0.6) is 0 Å². The van der Waals surface area contributed by atoms with Crippen LogP contribution >= 0.6 is 11.3 Å². The fraction of sp³-hybridized carbons (Fsp3) is 0.440. The number of likely N-dealkylation sites (tertiary alicyclic amines) is 1. The van der Waals surface area contributed by atoms with Crippen LogP contribution in [-0.4, -0.2) is 119 Å². The number of nitrogens with zero attached hydrogens (tertiary/aromatic N) is 4. The molecule has 0 aliphatic carbocycles. The summed E-state index contributed by atoms with van der Waals surface area (Å²) in [6.07, 6.45) is 3.98. The average molecular weight is 999 g/mol. The molecule has 0 saturated carbocycles. The highest BCUT2D eigenvalue weighted by Crippen LogP contribution is 2.37. The van der Waals surface area contributed by atoms with E-state index >= 15 is 4.39 Å². The van der Waals surface area contributed by atoms with Crippen molar-refractivity contribution in [1.29, 1.82) is 0 Å². The molecule has 3 aromatic heterocycles. The number of nitrogens with two attached hydrogens (primary N) is 3. The average Bonchev–Trinajstić information content (AvgIpc) is 3.95. The molecule has 19 nitrogen and oxygen atoms in total. The van der Waals surface area contributed by atoms with Gasteiger partial charge in [0.05, 0.1) is 85.3 Å². The zero-order valence-corrected chi connectivity index (χ0v) is 41.2. The number of β-amino-alcohol motifs (C(OH)–C–C–N with tert-alkyl or cyclic N) is 1. The second-order valence-corrected chi connectivity index (χ2v) is 19.2. The number of fused-ring (bicyclic) bond motifs is 1. The highest BCUT2D eigenvalue weighted by Gasteiger charge is 2.41. The van der Waals surface area contributed by atoms with Gasteiger partial charge >= 0.3 is 0 Å². The number of aromatic nitrogens is 3. The minimum Gasteiger partial charge on any atom is -0.397 e. The van der Waals surface area contributed by atoms with Gasteiger partial charge in [-0.05, 0) is 59.9 Å². The maximum atomic E-state index is 15.3. The molecule has 6 rings (SSSR count). The van der Waals surface area contributed by atoms with E-state index in [2.05, 4.69) is 30.9 Å². The molecule has 1 aliphatic heterocycles. The molecule has 0 spiro atoms. The van der Waals surface area contributed by atoms with Crippen LogP contribution < -0.4 is 33.2 Å². The maximum absolute atomic E-state index is 15.3. The number of aliphatic hydroxyl groups is 1. The third kappa shape index (κ3) is 14.9. The lowest BCUT2D eigenvalue weighted by atomic mass is 9.79. The lowest BCUT2D eigenvalue weighted by Crippen LogP contribution is -2.47. The van der Waals surface area contributed by atoms with E-state index in [1.54, 1.807) is 35.9 Å². The van der Waals surface area contributed by atoms with Crippen molar-refractivity contribution in [3.05, 3.63) is 83.1 Å². The second-order valence-electron chi connectivity index (χ2n) is 18.3. The summed E-state index contributed by atoms with van der Waals surface area (Å²) in [7, 11) is 0. The highest BCUT2D eigenvalue weighted by atomic mass is 32.1. The van der Waals surface area contributed by atoms with E-state index in [0.717, 1.165) is 21.7 Å². The van der Waals surface area contributed by atoms with Gasteiger partial charge in [-0.2, -0.15) is 0 Å². The predicted molar refractivity (Wildman–Crippen MR) is 268 cm³/mol. The number of hydrogen-bond donors (Lipinski definition) is 7. The number of carbonyl (C=O) groups is 5. The Labute approximate surface area is 415 Å². The van der Waals surface area contributed by atoms with E-state index < -0.39 is 41.1 Å². The number of amides is 5. The van der Waals surface area contributed by atoms with Crippen molar-refractivity contribution in [2.45, 2.75) is 78.5 Å². The number of aryl methyl sites for hydroxylation is 1. The monoisotopic (exact) mass is 998 g/mol. The summed E-state index contributed by atoms with van der Waals surface area (Å²) < 4.78 is 32.0. The molecule has 1 aliphatic rings. The Bertz CT molecular complexity index is 2680. The molecule has 4 heterocycles. The Hall–Kier alpha value is -6.65. The standard InChI is InChI=1S/C50H63FN10O9S/c1-29-37(23-55-25-39(29)52)36-17-33-18-41(57-24-38(33)46(53)45(36)51)60-43(64)9-11-56-42(63)10-12-68-13-14-69-15-16-70-27-34(48(54)66)20-50(3,4)21-44(65)61-26-35(62)19-40(61)49(67)58-22-31-5-7-32(8-6-31)47-30(2)59-28-71-47/h5-8,17-18,23-25,28,34-35,40,62H,9-16,19-22,26-27,52-53H2,1-4H3,(H2,54,66)(H,56,63)(H,58,67)(H,57,60,64)/t34?,35-,40+/m1/s1. The van der Waals surface area contributed by atoms with Gasteiger partial charge in [-0.1, -0.05) is 38.1 Å². The molecule has 0 radical (unpaired) electrons. The summed E-state index contributed by atoms with van der Waals surface area (Å²) in [6, 6.07) is 10.2. The number of nitrogens with one attached hydrogen (secondary N) is 3. The number of nitrogen functional groups attached to an aromatic ring is 2. The number of hydrogen-bond acceptors (Lipinski definition) is 15. The van der Waals surface area contributed by atoms with Gasteiger partial charge in [0.1, 0.15) is 11.9 Å². The third-order valence-electron chi connectivity index (χ3n) is 12.2. The summed E-state index contributed by atoms with van der Waals surface area (Å²) in [5.41, 5.74) is 23.5. The van der Waals surface area contributed by atoms with Crippen molar-refractivity contribution in [2.24, 2.45) is 17.1 Å². The lowest BCUT2D eigenvalue weighted by Gasteiger charge is -2.31. The van der Waals surface area contributed by atoms with Crippen LogP contribution in [0, 0.1) is 31.0 Å². The number of benzene rings is 2. The Balaban J connectivity index is 0.816. The number of thiazole rings is 1. The predicted octanol–water partition coefficient (Wildman–Crippen LogP) is 4.41. The number of aliphatic hydroxyl groups excluding tert-OH is 1. The molecule has 1 unspecified atom stereocenters. The van der Waals surface area contributed by atoms with Crippen molar-refractivity contribution >= 4 is 68.8 Å². The Morgan fingerprint density at radius 1 is 0.915 bits per heavy atom. The van der Waals surface area contributed by atoms with E-state index in [4.69, 9.17) is 31.4 Å². The number of halogens is 1. The fourth-order valence-electron chi connectivity index (χ4n) is 8.30. The highest BCUT2D eigenvalue weighted by molar-refractivity contribution is 7.13.